The first-order chi connectivity index (χ1) is 4.86. The van der Waals surface area contributed by atoms with Crippen molar-refractivity contribution in [2.24, 2.45) is 0 Å². The van der Waals surface area contributed by atoms with Crippen LogP contribution in [0.25, 0.3) is 0 Å². The van der Waals surface area contributed by atoms with Crippen molar-refractivity contribution in [3.8, 4) is 0 Å². The molecule has 0 aliphatic carbocycles. The van der Waals surface area contributed by atoms with E-state index < -0.39 is 0 Å². The first-order valence-electron chi connectivity index (χ1n) is 3.03. The van der Waals surface area contributed by atoms with E-state index in [9.17, 15) is 0 Å². The van der Waals surface area contributed by atoms with E-state index in [1.54, 1.807) is 18.2 Å². The Morgan fingerprint density at radius 3 is 1.91 bits per heavy atom. The number of aliphatic hydroxyl groups excluding tert-OH is 2. The standard InChI is InChI=1S/C7H9NO2.Ni/c9-4-6-2-1-3-7(5-10)8-6;/h1-3,9-10H,4-5H2;. The van der Waals surface area contributed by atoms with E-state index in [1.165, 1.54) is 0 Å². The fourth-order valence-electron chi connectivity index (χ4n) is 0.705. The summed E-state index contributed by atoms with van der Waals surface area (Å²) in [5.74, 6) is 0. The van der Waals surface area contributed by atoms with Crippen LogP contribution >= 0.6 is 0 Å². The Bertz CT molecular complexity index is 198. The predicted octanol–water partition coefficient (Wildman–Crippen LogP) is 0.0637. The van der Waals surface area contributed by atoms with Crippen molar-refractivity contribution in [2.45, 2.75) is 13.2 Å². The monoisotopic (exact) mass is 197 g/mol. The third-order valence-corrected chi connectivity index (χ3v) is 1.19. The molecule has 0 unspecified atom stereocenters. The largest absolute Gasteiger partial charge is 0.390 e. The molecule has 0 aliphatic rings. The average Bonchev–Trinajstić information content (AvgIpc) is 2.05. The van der Waals surface area contributed by atoms with Crippen molar-refractivity contribution in [3.05, 3.63) is 29.6 Å². The summed E-state index contributed by atoms with van der Waals surface area (Å²) in [5, 5.41) is 17.2. The maximum Gasteiger partial charge on any atom is 0.0853 e. The van der Waals surface area contributed by atoms with Crippen LogP contribution in [0.3, 0.4) is 0 Å². The molecule has 64 valence electrons. The third-order valence-electron chi connectivity index (χ3n) is 1.19. The predicted molar refractivity (Wildman–Crippen MR) is 36.1 cm³/mol. The van der Waals surface area contributed by atoms with Crippen LogP contribution in [0, 0.1) is 0 Å². The minimum Gasteiger partial charge on any atom is -0.390 e. The van der Waals surface area contributed by atoms with Crippen LogP contribution in [-0.2, 0) is 29.7 Å². The minimum absolute atomic E-state index is 0. The van der Waals surface area contributed by atoms with Gasteiger partial charge in [0.15, 0.2) is 0 Å². The van der Waals surface area contributed by atoms with Crippen LogP contribution in [0.4, 0.5) is 0 Å². The topological polar surface area (TPSA) is 53.4 Å². The molecule has 0 spiro atoms. The van der Waals surface area contributed by atoms with Crippen LogP contribution in [0.2, 0.25) is 0 Å². The Morgan fingerprint density at radius 1 is 1.09 bits per heavy atom. The Hall–Kier alpha value is -0.436. The molecule has 11 heavy (non-hydrogen) atoms. The van der Waals surface area contributed by atoms with Crippen LogP contribution in [0.5, 0.6) is 0 Å². The Balaban J connectivity index is 0.000001000. The molecule has 0 fully saturated rings. The van der Waals surface area contributed by atoms with Crippen LogP contribution in [-0.4, -0.2) is 15.2 Å². The van der Waals surface area contributed by atoms with Crippen molar-refractivity contribution in [1.82, 2.24) is 4.98 Å². The average molecular weight is 198 g/mol. The van der Waals surface area contributed by atoms with Crippen LogP contribution in [0.15, 0.2) is 18.2 Å². The van der Waals surface area contributed by atoms with E-state index in [1.807, 2.05) is 0 Å². The van der Waals surface area contributed by atoms with Gasteiger partial charge in [-0.05, 0) is 12.1 Å². The maximum absolute atomic E-state index is 8.61. The van der Waals surface area contributed by atoms with E-state index >= 15 is 0 Å². The first kappa shape index (κ1) is 10.6. The molecule has 2 N–H and O–H groups in total. The van der Waals surface area contributed by atoms with Crippen molar-refractivity contribution < 1.29 is 26.7 Å². The van der Waals surface area contributed by atoms with Gasteiger partial charge < -0.3 is 10.2 Å². The zero-order valence-corrected chi connectivity index (χ0v) is 6.79. The summed E-state index contributed by atoms with van der Waals surface area (Å²) < 4.78 is 0. The zero-order valence-electron chi connectivity index (χ0n) is 5.80. The number of aliphatic hydroxyl groups is 2. The van der Waals surface area contributed by atoms with Gasteiger partial charge in [0.05, 0.1) is 24.6 Å². The second-order valence-corrected chi connectivity index (χ2v) is 1.94. The number of nitrogens with zero attached hydrogens (tertiary/aromatic N) is 1. The second-order valence-electron chi connectivity index (χ2n) is 1.94. The summed E-state index contributed by atoms with van der Waals surface area (Å²) in [7, 11) is 0. The molecule has 0 aromatic carbocycles. The number of aromatic nitrogens is 1. The van der Waals surface area contributed by atoms with Crippen molar-refractivity contribution in [3.63, 3.8) is 0 Å². The smallest absolute Gasteiger partial charge is 0.0853 e. The van der Waals surface area contributed by atoms with Gasteiger partial charge in [-0.25, -0.2) is 0 Å². The summed E-state index contributed by atoms with van der Waals surface area (Å²) in [6.45, 7) is -0.151. The molecular formula is C7H9NNiO2. The van der Waals surface area contributed by atoms with Gasteiger partial charge in [0, 0.05) is 16.5 Å². The fraction of sp³-hybridized carbons (Fsp3) is 0.286. The molecule has 1 aromatic rings. The molecule has 1 rings (SSSR count). The molecule has 0 saturated carbocycles. The van der Waals surface area contributed by atoms with Gasteiger partial charge in [-0.3, -0.25) is 4.98 Å². The van der Waals surface area contributed by atoms with E-state index in [0.29, 0.717) is 11.4 Å². The second kappa shape index (κ2) is 5.24. The Morgan fingerprint density at radius 2 is 1.55 bits per heavy atom. The molecular weight excluding hydrogens is 189 g/mol. The summed E-state index contributed by atoms with van der Waals surface area (Å²) in [4.78, 5) is 3.91. The molecule has 0 amide bonds. The van der Waals surface area contributed by atoms with Crippen molar-refractivity contribution >= 4 is 0 Å². The summed E-state index contributed by atoms with van der Waals surface area (Å²) in [6.07, 6.45) is 0. The molecule has 3 nitrogen and oxygen atoms in total. The molecule has 0 aliphatic heterocycles. The Kier molecular flexibility index (Phi) is 5.04. The molecule has 4 heteroatoms. The van der Waals surface area contributed by atoms with Crippen LogP contribution in [0.1, 0.15) is 11.4 Å². The number of hydrogen-bond donors (Lipinski definition) is 2. The normalized spacial score (nSPS) is 8.91. The molecule has 0 atom stereocenters. The minimum atomic E-state index is -0.0756. The van der Waals surface area contributed by atoms with Gasteiger partial charge in [0.25, 0.3) is 0 Å². The summed E-state index contributed by atoms with van der Waals surface area (Å²) >= 11 is 0. The summed E-state index contributed by atoms with van der Waals surface area (Å²) in [6, 6.07) is 5.17. The van der Waals surface area contributed by atoms with Gasteiger partial charge in [-0.15, -0.1) is 0 Å². The number of pyridine rings is 1. The van der Waals surface area contributed by atoms with E-state index in [0.717, 1.165) is 0 Å². The molecule has 0 bridgehead atoms. The third kappa shape index (κ3) is 2.97. The summed E-state index contributed by atoms with van der Waals surface area (Å²) in [5.41, 5.74) is 1.18. The number of rotatable bonds is 2. The van der Waals surface area contributed by atoms with Gasteiger partial charge in [-0.1, -0.05) is 6.07 Å². The van der Waals surface area contributed by atoms with Crippen molar-refractivity contribution in [1.29, 1.82) is 0 Å². The van der Waals surface area contributed by atoms with Gasteiger partial charge in [-0.2, -0.15) is 0 Å². The SMILES string of the molecule is OCc1cccc(CO)n1.[Ni]. The van der Waals surface area contributed by atoms with Gasteiger partial charge in [0.1, 0.15) is 0 Å². The quantitative estimate of drug-likeness (QED) is 0.660. The molecule has 0 saturated heterocycles. The fourth-order valence-corrected chi connectivity index (χ4v) is 0.705. The molecule has 1 aromatic heterocycles. The zero-order chi connectivity index (χ0) is 7.40. The van der Waals surface area contributed by atoms with Gasteiger partial charge >= 0.3 is 0 Å². The van der Waals surface area contributed by atoms with E-state index in [4.69, 9.17) is 10.2 Å². The van der Waals surface area contributed by atoms with Gasteiger partial charge in [0.2, 0.25) is 0 Å². The molecule has 0 radical (unpaired) electrons. The van der Waals surface area contributed by atoms with Crippen molar-refractivity contribution in [2.75, 3.05) is 0 Å². The van der Waals surface area contributed by atoms with Crippen LogP contribution < -0.4 is 0 Å². The maximum atomic E-state index is 8.61. The first-order valence-corrected chi connectivity index (χ1v) is 3.03. The Labute approximate surface area is 75.0 Å². The number of hydrogen-bond acceptors (Lipinski definition) is 3. The van der Waals surface area contributed by atoms with E-state index in [2.05, 4.69) is 4.98 Å². The molecule has 1 heterocycles. The van der Waals surface area contributed by atoms with E-state index in [-0.39, 0.29) is 29.7 Å².